The number of carbonyl (C=O) groups is 1. The number of rotatable bonds is 2. The largest absolute Gasteiger partial charge is 0.506 e. The lowest BCUT2D eigenvalue weighted by Gasteiger charge is -1.96. The number of benzene rings is 1. The summed E-state index contributed by atoms with van der Waals surface area (Å²) in [5, 5.41) is 9.58. The van der Waals surface area contributed by atoms with Gasteiger partial charge in [-0.3, -0.25) is 0 Å². The van der Waals surface area contributed by atoms with Crippen molar-refractivity contribution in [2.45, 2.75) is 0 Å². The maximum Gasteiger partial charge on any atom is 0.351 e. The number of hydrogen-bond acceptors (Lipinski definition) is 4. The molecule has 2 aromatic rings. The molecule has 0 aliphatic rings. The minimum atomic E-state index is -0.583. The lowest BCUT2D eigenvalue weighted by Crippen LogP contribution is -1.97. The van der Waals surface area contributed by atoms with Crippen LogP contribution in [0.1, 0.15) is 9.67 Å². The zero-order valence-corrected chi connectivity index (χ0v) is 9.75. The molecule has 0 unspecified atom stereocenters. The molecule has 5 heteroatoms. The van der Waals surface area contributed by atoms with E-state index >= 15 is 0 Å². The van der Waals surface area contributed by atoms with Gasteiger partial charge in [0.15, 0.2) is 4.88 Å². The Morgan fingerprint density at radius 2 is 2.00 bits per heavy atom. The lowest BCUT2D eigenvalue weighted by molar-refractivity contribution is 0.0603. The first-order valence-corrected chi connectivity index (χ1v) is 5.60. The molecule has 0 atom stereocenters. The van der Waals surface area contributed by atoms with Crippen molar-refractivity contribution in [2.75, 3.05) is 7.11 Å². The average molecular weight is 252 g/mol. The number of halogens is 1. The molecule has 0 saturated carbocycles. The van der Waals surface area contributed by atoms with E-state index in [2.05, 4.69) is 4.74 Å². The smallest absolute Gasteiger partial charge is 0.351 e. The Labute approximate surface area is 101 Å². The highest BCUT2D eigenvalue weighted by Crippen LogP contribution is 2.35. The van der Waals surface area contributed by atoms with Gasteiger partial charge >= 0.3 is 5.97 Å². The highest BCUT2D eigenvalue weighted by Gasteiger charge is 2.16. The van der Waals surface area contributed by atoms with Crippen molar-refractivity contribution in [2.24, 2.45) is 0 Å². The Morgan fingerprint density at radius 1 is 1.35 bits per heavy atom. The Hall–Kier alpha value is -1.88. The number of aromatic hydroxyl groups is 1. The van der Waals surface area contributed by atoms with Crippen LogP contribution in [0.5, 0.6) is 5.75 Å². The van der Waals surface area contributed by atoms with Crippen LogP contribution in [-0.2, 0) is 4.74 Å². The second-order valence-electron chi connectivity index (χ2n) is 3.32. The highest BCUT2D eigenvalue weighted by molar-refractivity contribution is 7.17. The molecule has 0 aliphatic heterocycles. The fourth-order valence-corrected chi connectivity index (χ4v) is 2.35. The summed E-state index contributed by atoms with van der Waals surface area (Å²) in [6, 6.07) is 7.28. The summed E-state index contributed by atoms with van der Waals surface area (Å²) in [5.74, 6) is -1.04. The average Bonchev–Trinajstić information content (AvgIpc) is 2.71. The Balaban J connectivity index is 2.41. The molecule has 3 nitrogen and oxygen atoms in total. The summed E-state index contributed by atoms with van der Waals surface area (Å²) in [5.41, 5.74) is 0.738. The van der Waals surface area contributed by atoms with Gasteiger partial charge in [-0.2, -0.15) is 0 Å². The van der Waals surface area contributed by atoms with Crippen molar-refractivity contribution in [3.8, 4) is 16.2 Å². The normalized spacial score (nSPS) is 10.2. The summed E-state index contributed by atoms with van der Waals surface area (Å²) >= 11 is 1.10. The topological polar surface area (TPSA) is 46.5 Å². The molecule has 1 N–H and O–H groups in total. The first-order chi connectivity index (χ1) is 8.11. The predicted octanol–water partition coefficient (Wildman–Crippen LogP) is 3.05. The van der Waals surface area contributed by atoms with Gasteiger partial charge in [-0.1, -0.05) is 12.1 Å². The number of carbonyl (C=O) groups excluding carboxylic acids is 1. The number of hydrogen-bond donors (Lipinski definition) is 1. The van der Waals surface area contributed by atoms with Gasteiger partial charge < -0.3 is 9.84 Å². The molecule has 0 aliphatic carbocycles. The Kier molecular flexibility index (Phi) is 3.10. The van der Waals surface area contributed by atoms with Crippen LogP contribution in [0.2, 0.25) is 0 Å². The number of ether oxygens (including phenoxy) is 1. The SMILES string of the molecule is COC(=O)c1sc(-c2ccc(F)cc2)cc1O. The van der Waals surface area contributed by atoms with Crippen LogP contribution in [0.25, 0.3) is 10.4 Å². The summed E-state index contributed by atoms with van der Waals surface area (Å²) in [7, 11) is 1.25. The quantitative estimate of drug-likeness (QED) is 0.835. The summed E-state index contributed by atoms with van der Waals surface area (Å²) in [6.07, 6.45) is 0. The second kappa shape index (κ2) is 4.55. The minimum Gasteiger partial charge on any atom is -0.506 e. The number of methoxy groups -OCH3 is 1. The van der Waals surface area contributed by atoms with Crippen molar-refractivity contribution in [1.29, 1.82) is 0 Å². The van der Waals surface area contributed by atoms with E-state index in [0.29, 0.717) is 4.88 Å². The van der Waals surface area contributed by atoms with E-state index in [1.807, 2.05) is 0 Å². The molecule has 17 heavy (non-hydrogen) atoms. The molecule has 88 valence electrons. The van der Waals surface area contributed by atoms with Crippen LogP contribution in [-0.4, -0.2) is 18.2 Å². The van der Waals surface area contributed by atoms with Crippen LogP contribution < -0.4 is 0 Å². The fourth-order valence-electron chi connectivity index (χ4n) is 1.38. The molecule has 0 amide bonds. The third-order valence-corrected chi connectivity index (χ3v) is 3.37. The maximum absolute atomic E-state index is 12.7. The zero-order valence-electron chi connectivity index (χ0n) is 8.94. The van der Waals surface area contributed by atoms with Crippen LogP contribution in [0, 0.1) is 5.82 Å². The molecule has 0 spiro atoms. The van der Waals surface area contributed by atoms with Crippen molar-refractivity contribution >= 4 is 17.3 Å². The number of esters is 1. The monoisotopic (exact) mass is 252 g/mol. The van der Waals surface area contributed by atoms with E-state index in [-0.39, 0.29) is 16.4 Å². The lowest BCUT2D eigenvalue weighted by atomic mass is 10.2. The molecule has 2 rings (SSSR count). The van der Waals surface area contributed by atoms with Crippen molar-refractivity contribution in [3.63, 3.8) is 0 Å². The van der Waals surface area contributed by atoms with Crippen LogP contribution >= 0.6 is 11.3 Å². The second-order valence-corrected chi connectivity index (χ2v) is 4.38. The highest BCUT2D eigenvalue weighted by atomic mass is 32.1. The molecule has 0 saturated heterocycles. The standard InChI is InChI=1S/C12H9FO3S/c1-16-12(15)11-9(14)6-10(17-11)7-2-4-8(13)5-3-7/h2-6,14H,1H3. The first-order valence-electron chi connectivity index (χ1n) is 4.79. The molecule has 1 heterocycles. The molecule has 0 radical (unpaired) electrons. The van der Waals surface area contributed by atoms with Crippen LogP contribution in [0.4, 0.5) is 4.39 Å². The van der Waals surface area contributed by atoms with Gasteiger partial charge in [-0.25, -0.2) is 9.18 Å². The summed E-state index contributed by atoms with van der Waals surface area (Å²) < 4.78 is 17.3. The van der Waals surface area contributed by atoms with Gasteiger partial charge in [0.1, 0.15) is 11.6 Å². The summed E-state index contributed by atoms with van der Waals surface area (Å²) in [6.45, 7) is 0. The van der Waals surface area contributed by atoms with Gasteiger partial charge in [-0.15, -0.1) is 11.3 Å². The Bertz CT molecular complexity index is 545. The number of thiophene rings is 1. The molecule has 0 bridgehead atoms. The fraction of sp³-hybridized carbons (Fsp3) is 0.0833. The zero-order chi connectivity index (χ0) is 12.4. The van der Waals surface area contributed by atoms with Gasteiger partial charge in [0.2, 0.25) is 0 Å². The summed E-state index contributed by atoms with van der Waals surface area (Å²) in [4.78, 5) is 12.1. The van der Waals surface area contributed by atoms with E-state index in [0.717, 1.165) is 16.9 Å². The van der Waals surface area contributed by atoms with E-state index < -0.39 is 5.97 Å². The van der Waals surface area contributed by atoms with Crippen LogP contribution in [0.3, 0.4) is 0 Å². The molecular formula is C12H9FO3S. The third kappa shape index (κ3) is 2.29. The van der Waals surface area contributed by atoms with Gasteiger partial charge in [0.05, 0.1) is 7.11 Å². The molecule has 1 aromatic heterocycles. The predicted molar refractivity (Wildman–Crippen MR) is 62.7 cm³/mol. The van der Waals surface area contributed by atoms with E-state index in [9.17, 15) is 14.3 Å². The van der Waals surface area contributed by atoms with Gasteiger partial charge in [-0.05, 0) is 23.8 Å². The van der Waals surface area contributed by atoms with E-state index in [1.54, 1.807) is 12.1 Å². The molecule has 0 fully saturated rings. The third-order valence-electron chi connectivity index (χ3n) is 2.21. The van der Waals surface area contributed by atoms with Crippen LogP contribution in [0.15, 0.2) is 30.3 Å². The van der Waals surface area contributed by atoms with Crippen molar-refractivity contribution in [3.05, 3.63) is 41.0 Å². The Morgan fingerprint density at radius 3 is 2.59 bits per heavy atom. The molecule has 1 aromatic carbocycles. The minimum absolute atomic E-state index is 0.124. The van der Waals surface area contributed by atoms with Crippen molar-refractivity contribution in [1.82, 2.24) is 0 Å². The maximum atomic E-state index is 12.7. The van der Waals surface area contributed by atoms with Crippen molar-refractivity contribution < 1.29 is 19.0 Å². The molecular weight excluding hydrogens is 243 g/mol. The van der Waals surface area contributed by atoms with Gasteiger partial charge in [0, 0.05) is 4.88 Å². The van der Waals surface area contributed by atoms with Gasteiger partial charge in [0.25, 0.3) is 0 Å². The first kappa shape index (κ1) is 11.6. The van der Waals surface area contributed by atoms with E-state index in [1.165, 1.54) is 25.3 Å². The van der Waals surface area contributed by atoms with E-state index in [4.69, 9.17) is 0 Å².